The van der Waals surface area contributed by atoms with Gasteiger partial charge in [0.2, 0.25) is 0 Å². The average Bonchev–Trinajstić information content (AvgIpc) is 2.54. The second kappa shape index (κ2) is 4.63. The Hall–Kier alpha value is -2.36. The van der Waals surface area contributed by atoms with Crippen LogP contribution in [0, 0.1) is 0 Å². The molecule has 0 unspecified atom stereocenters. The van der Waals surface area contributed by atoms with Crippen LogP contribution in [-0.2, 0) is 0 Å². The van der Waals surface area contributed by atoms with E-state index in [-0.39, 0.29) is 0 Å². The molecule has 0 bridgehead atoms. The van der Waals surface area contributed by atoms with Crippen LogP contribution < -0.4 is 20.1 Å². The lowest BCUT2D eigenvalue weighted by Crippen LogP contribution is -2.20. The van der Waals surface area contributed by atoms with E-state index in [1.54, 1.807) is 0 Å². The highest BCUT2D eigenvalue weighted by molar-refractivity contribution is 5.86. The van der Waals surface area contributed by atoms with E-state index in [0.29, 0.717) is 13.2 Å². The summed E-state index contributed by atoms with van der Waals surface area (Å²) >= 11 is 0. The molecule has 0 fully saturated rings. The zero-order chi connectivity index (χ0) is 13.4. The van der Waals surface area contributed by atoms with Gasteiger partial charge in [-0.05, 0) is 12.1 Å². The Balaban J connectivity index is 1.90. The molecule has 0 aliphatic carbocycles. The summed E-state index contributed by atoms with van der Waals surface area (Å²) in [5.74, 6) is 1.84. The van der Waals surface area contributed by atoms with Crippen molar-refractivity contribution >= 4 is 11.4 Å². The molecule has 0 aromatic heterocycles. The fraction of sp³-hybridized carbons (Fsp3) is 0.250. The lowest BCUT2D eigenvalue weighted by molar-refractivity contribution is 0.320. The van der Waals surface area contributed by atoms with Crippen LogP contribution in [0.2, 0.25) is 0 Å². The van der Waals surface area contributed by atoms with Gasteiger partial charge in [0.25, 0.3) is 0 Å². The van der Waals surface area contributed by atoms with Gasteiger partial charge in [-0.15, -0.1) is 0 Å². The van der Waals surface area contributed by atoms with E-state index in [1.807, 2.05) is 24.3 Å². The van der Waals surface area contributed by atoms with Crippen molar-refractivity contribution in [3.8, 4) is 22.6 Å². The molecule has 0 amide bonds. The minimum atomic E-state index is 0.693. The molecule has 2 aliphatic heterocycles. The first kappa shape index (κ1) is 11.5. The van der Waals surface area contributed by atoms with Crippen LogP contribution in [-0.4, -0.2) is 26.3 Å². The summed E-state index contributed by atoms with van der Waals surface area (Å²) in [6, 6.07) is 12.4. The summed E-state index contributed by atoms with van der Waals surface area (Å²) < 4.78 is 11.7. The van der Waals surface area contributed by atoms with Crippen molar-refractivity contribution in [2.24, 2.45) is 0 Å². The van der Waals surface area contributed by atoms with Gasteiger partial charge in [-0.3, -0.25) is 0 Å². The number of anilines is 2. The SMILES string of the molecule is c1cc2c(c(-c3cccc4c3OCCN4)c1)OCCN2. The number of rotatable bonds is 1. The third-order valence-corrected chi connectivity index (χ3v) is 3.65. The number of hydrogen-bond donors (Lipinski definition) is 2. The Morgan fingerprint density at radius 3 is 1.70 bits per heavy atom. The summed E-state index contributed by atoms with van der Waals surface area (Å²) in [6.45, 7) is 3.08. The minimum absolute atomic E-state index is 0.693. The summed E-state index contributed by atoms with van der Waals surface area (Å²) in [4.78, 5) is 0. The van der Waals surface area contributed by atoms with Crippen LogP contribution in [0.15, 0.2) is 36.4 Å². The van der Waals surface area contributed by atoms with E-state index in [0.717, 1.165) is 47.1 Å². The second-order valence-electron chi connectivity index (χ2n) is 4.91. The third kappa shape index (κ3) is 1.76. The number of benzene rings is 2. The highest BCUT2D eigenvalue weighted by Crippen LogP contribution is 2.44. The first-order chi connectivity index (χ1) is 9.93. The molecule has 2 aromatic carbocycles. The largest absolute Gasteiger partial charge is 0.489 e. The maximum absolute atomic E-state index is 5.86. The molecule has 0 radical (unpaired) electrons. The molecule has 4 heteroatoms. The molecule has 102 valence electrons. The first-order valence-electron chi connectivity index (χ1n) is 6.93. The van der Waals surface area contributed by atoms with Gasteiger partial charge in [0.15, 0.2) is 0 Å². The van der Waals surface area contributed by atoms with Crippen molar-refractivity contribution in [1.82, 2.24) is 0 Å². The van der Waals surface area contributed by atoms with E-state index in [1.165, 1.54) is 0 Å². The van der Waals surface area contributed by atoms with E-state index < -0.39 is 0 Å². The fourth-order valence-electron chi connectivity index (χ4n) is 2.77. The predicted molar refractivity (Wildman–Crippen MR) is 79.8 cm³/mol. The summed E-state index contributed by atoms with van der Waals surface area (Å²) in [5.41, 5.74) is 4.26. The number of fused-ring (bicyclic) bond motifs is 2. The third-order valence-electron chi connectivity index (χ3n) is 3.65. The van der Waals surface area contributed by atoms with Gasteiger partial charge < -0.3 is 20.1 Å². The standard InChI is InChI=1S/C16H16N2O2/c1-3-11(15-13(5-1)17-7-9-19-15)12-4-2-6-14-16(12)20-10-8-18-14/h1-6,17-18H,7-10H2. The van der Waals surface area contributed by atoms with Gasteiger partial charge in [0.1, 0.15) is 24.7 Å². The zero-order valence-electron chi connectivity index (χ0n) is 11.1. The molecule has 2 aliphatic rings. The quantitative estimate of drug-likeness (QED) is 0.834. The maximum Gasteiger partial charge on any atom is 0.150 e. The Bertz CT molecular complexity index is 597. The topological polar surface area (TPSA) is 42.5 Å². The molecule has 4 rings (SSSR count). The van der Waals surface area contributed by atoms with Crippen molar-refractivity contribution < 1.29 is 9.47 Å². The van der Waals surface area contributed by atoms with E-state index >= 15 is 0 Å². The van der Waals surface area contributed by atoms with E-state index in [2.05, 4.69) is 22.8 Å². The molecule has 2 heterocycles. The van der Waals surface area contributed by atoms with Crippen LogP contribution >= 0.6 is 0 Å². The highest BCUT2D eigenvalue weighted by Gasteiger charge is 2.20. The molecule has 2 N–H and O–H groups in total. The summed E-state index contributed by atoms with van der Waals surface area (Å²) in [7, 11) is 0. The molecular formula is C16H16N2O2. The molecule has 0 saturated heterocycles. The van der Waals surface area contributed by atoms with E-state index in [9.17, 15) is 0 Å². The van der Waals surface area contributed by atoms with Gasteiger partial charge in [-0.2, -0.15) is 0 Å². The van der Waals surface area contributed by atoms with Gasteiger partial charge in [0.05, 0.1) is 11.4 Å². The van der Waals surface area contributed by atoms with Crippen molar-refractivity contribution in [1.29, 1.82) is 0 Å². The fourth-order valence-corrected chi connectivity index (χ4v) is 2.77. The molecule has 2 aromatic rings. The van der Waals surface area contributed by atoms with Gasteiger partial charge in [-0.1, -0.05) is 24.3 Å². The van der Waals surface area contributed by atoms with Crippen LogP contribution in [0.25, 0.3) is 11.1 Å². The van der Waals surface area contributed by atoms with Gasteiger partial charge in [-0.25, -0.2) is 0 Å². The Labute approximate surface area is 117 Å². The number of hydrogen-bond acceptors (Lipinski definition) is 4. The number of nitrogens with one attached hydrogen (secondary N) is 2. The number of para-hydroxylation sites is 2. The summed E-state index contributed by atoms with van der Waals surface area (Å²) in [5, 5.41) is 6.74. The van der Waals surface area contributed by atoms with Crippen molar-refractivity contribution in [2.45, 2.75) is 0 Å². The lowest BCUT2D eigenvalue weighted by atomic mass is 10.0. The van der Waals surface area contributed by atoms with Crippen LogP contribution in [0.5, 0.6) is 11.5 Å². The van der Waals surface area contributed by atoms with E-state index in [4.69, 9.17) is 9.47 Å². The monoisotopic (exact) mass is 268 g/mol. The molecule has 0 atom stereocenters. The van der Waals surface area contributed by atoms with Crippen LogP contribution in [0.4, 0.5) is 11.4 Å². The van der Waals surface area contributed by atoms with Crippen molar-refractivity contribution in [3.63, 3.8) is 0 Å². The molecule has 0 saturated carbocycles. The van der Waals surface area contributed by atoms with Gasteiger partial charge in [0, 0.05) is 24.2 Å². The predicted octanol–water partition coefficient (Wildman–Crippen LogP) is 2.96. The second-order valence-corrected chi connectivity index (χ2v) is 4.91. The first-order valence-corrected chi connectivity index (χ1v) is 6.93. The van der Waals surface area contributed by atoms with Crippen LogP contribution in [0.1, 0.15) is 0 Å². The minimum Gasteiger partial charge on any atom is -0.489 e. The maximum atomic E-state index is 5.86. The van der Waals surface area contributed by atoms with Gasteiger partial charge >= 0.3 is 0 Å². The smallest absolute Gasteiger partial charge is 0.150 e. The van der Waals surface area contributed by atoms with Crippen LogP contribution in [0.3, 0.4) is 0 Å². The molecular weight excluding hydrogens is 252 g/mol. The Kier molecular flexibility index (Phi) is 2.66. The Morgan fingerprint density at radius 1 is 0.700 bits per heavy atom. The highest BCUT2D eigenvalue weighted by atomic mass is 16.5. The summed E-state index contributed by atoms with van der Waals surface area (Å²) in [6.07, 6.45) is 0. The molecule has 20 heavy (non-hydrogen) atoms. The Morgan fingerprint density at radius 2 is 1.20 bits per heavy atom. The normalized spacial score (nSPS) is 15.8. The number of ether oxygens (including phenoxy) is 2. The average molecular weight is 268 g/mol. The van der Waals surface area contributed by atoms with Crippen molar-refractivity contribution in [2.75, 3.05) is 36.9 Å². The lowest BCUT2D eigenvalue weighted by Gasteiger charge is -2.25. The molecule has 0 spiro atoms. The van der Waals surface area contributed by atoms with Crippen molar-refractivity contribution in [3.05, 3.63) is 36.4 Å². The molecule has 4 nitrogen and oxygen atoms in total. The zero-order valence-corrected chi connectivity index (χ0v) is 11.1.